The Morgan fingerprint density at radius 3 is 2.68 bits per heavy atom. The molecule has 1 fully saturated rings. The molecule has 6 nitrogen and oxygen atoms in total. The largest absolute Gasteiger partial charge is 0.383 e. The highest BCUT2D eigenvalue weighted by Crippen LogP contribution is 2.21. The van der Waals surface area contributed by atoms with Crippen molar-refractivity contribution in [2.24, 2.45) is 0 Å². The second kappa shape index (κ2) is 4.97. The third kappa shape index (κ3) is 2.31. The molecule has 2 aromatic heterocycles. The van der Waals surface area contributed by atoms with Gasteiger partial charge in [-0.25, -0.2) is 15.0 Å². The lowest BCUT2D eigenvalue weighted by Crippen LogP contribution is -2.46. The van der Waals surface area contributed by atoms with Crippen LogP contribution in [0.25, 0.3) is 10.9 Å². The van der Waals surface area contributed by atoms with Crippen LogP contribution in [-0.4, -0.2) is 52.6 Å². The van der Waals surface area contributed by atoms with Crippen LogP contribution in [0.5, 0.6) is 0 Å². The van der Waals surface area contributed by atoms with Gasteiger partial charge in [0.1, 0.15) is 18.0 Å². The van der Waals surface area contributed by atoms with Crippen LogP contribution in [0.4, 0.5) is 11.6 Å². The Morgan fingerprint density at radius 2 is 1.95 bits per heavy atom. The molecule has 0 unspecified atom stereocenters. The molecule has 0 aromatic carbocycles. The summed E-state index contributed by atoms with van der Waals surface area (Å²) in [5.74, 6) is 1.48. The first-order valence-electron chi connectivity index (χ1n) is 6.61. The van der Waals surface area contributed by atoms with E-state index in [0.29, 0.717) is 5.82 Å². The van der Waals surface area contributed by atoms with E-state index in [9.17, 15) is 0 Å². The summed E-state index contributed by atoms with van der Waals surface area (Å²) in [6, 6.07) is 1.99. The lowest BCUT2D eigenvalue weighted by molar-refractivity contribution is 0.270. The number of likely N-dealkylation sites (N-methyl/N-ethyl adjacent to an activating group) is 1. The number of nitrogens with two attached hydrogens (primary N) is 1. The van der Waals surface area contributed by atoms with Gasteiger partial charge in [0.05, 0.1) is 11.7 Å². The number of aromatic nitrogens is 3. The van der Waals surface area contributed by atoms with E-state index in [0.717, 1.165) is 49.4 Å². The zero-order valence-corrected chi connectivity index (χ0v) is 11.1. The van der Waals surface area contributed by atoms with Gasteiger partial charge < -0.3 is 15.5 Å². The SMILES string of the molecule is CCN1CCN(c2cc3c(N)ncnc3cn2)CC1. The Morgan fingerprint density at radius 1 is 1.16 bits per heavy atom. The third-order valence-corrected chi connectivity index (χ3v) is 3.68. The maximum absolute atomic E-state index is 5.89. The standard InChI is InChI=1S/C13H18N6/c1-2-18-3-5-19(6-4-18)12-7-10-11(8-15-12)16-9-17-13(10)14/h7-9H,2-6H2,1H3,(H2,14,16,17). The Bertz CT molecular complexity index is 576. The Hall–Kier alpha value is -1.95. The van der Waals surface area contributed by atoms with Gasteiger partial charge in [-0.1, -0.05) is 6.92 Å². The molecule has 0 saturated carbocycles. The van der Waals surface area contributed by atoms with E-state index in [2.05, 4.69) is 31.7 Å². The molecule has 3 rings (SSSR count). The third-order valence-electron chi connectivity index (χ3n) is 3.68. The molecule has 6 heteroatoms. The molecule has 3 heterocycles. The van der Waals surface area contributed by atoms with Gasteiger partial charge in [-0.2, -0.15) is 0 Å². The highest BCUT2D eigenvalue weighted by Gasteiger charge is 2.17. The molecule has 2 N–H and O–H groups in total. The molecule has 1 aliphatic rings. The van der Waals surface area contributed by atoms with Crippen molar-refractivity contribution in [1.82, 2.24) is 19.9 Å². The van der Waals surface area contributed by atoms with Crippen LogP contribution in [0.3, 0.4) is 0 Å². The average molecular weight is 258 g/mol. The minimum Gasteiger partial charge on any atom is -0.383 e. The smallest absolute Gasteiger partial charge is 0.134 e. The van der Waals surface area contributed by atoms with Crippen molar-refractivity contribution in [2.75, 3.05) is 43.4 Å². The fourth-order valence-electron chi connectivity index (χ4n) is 2.43. The summed E-state index contributed by atoms with van der Waals surface area (Å²) in [5, 5.41) is 0.880. The molecular weight excluding hydrogens is 240 g/mol. The normalized spacial score (nSPS) is 17.0. The van der Waals surface area contributed by atoms with Crippen LogP contribution in [0.15, 0.2) is 18.6 Å². The summed E-state index contributed by atoms with van der Waals surface area (Å²) in [6.45, 7) is 7.47. The number of hydrogen-bond acceptors (Lipinski definition) is 6. The maximum Gasteiger partial charge on any atom is 0.134 e. The first kappa shape index (κ1) is 12.1. The molecular formula is C13H18N6. The molecule has 100 valence electrons. The van der Waals surface area contributed by atoms with Crippen LogP contribution >= 0.6 is 0 Å². The van der Waals surface area contributed by atoms with Gasteiger partial charge in [0.25, 0.3) is 0 Å². The predicted molar refractivity (Wildman–Crippen MR) is 76.1 cm³/mol. The zero-order valence-electron chi connectivity index (χ0n) is 11.1. The Labute approximate surface area is 112 Å². The van der Waals surface area contributed by atoms with E-state index >= 15 is 0 Å². The van der Waals surface area contributed by atoms with E-state index in [1.54, 1.807) is 6.20 Å². The summed E-state index contributed by atoms with van der Waals surface area (Å²) in [7, 11) is 0. The Kier molecular flexibility index (Phi) is 3.16. The van der Waals surface area contributed by atoms with Crippen molar-refractivity contribution in [3.05, 3.63) is 18.6 Å². The van der Waals surface area contributed by atoms with Gasteiger partial charge in [-0.3, -0.25) is 0 Å². The lowest BCUT2D eigenvalue weighted by atomic mass is 10.2. The molecule has 1 aliphatic heterocycles. The van der Waals surface area contributed by atoms with E-state index in [1.807, 2.05) is 6.07 Å². The van der Waals surface area contributed by atoms with E-state index in [1.165, 1.54) is 6.33 Å². The molecule has 2 aromatic rings. The minimum absolute atomic E-state index is 0.515. The monoisotopic (exact) mass is 258 g/mol. The first-order chi connectivity index (χ1) is 9.28. The highest BCUT2D eigenvalue weighted by molar-refractivity contribution is 5.89. The van der Waals surface area contributed by atoms with Crippen molar-refractivity contribution in [3.8, 4) is 0 Å². The summed E-state index contributed by atoms with van der Waals surface area (Å²) >= 11 is 0. The van der Waals surface area contributed by atoms with Crippen LogP contribution in [-0.2, 0) is 0 Å². The minimum atomic E-state index is 0.515. The molecule has 19 heavy (non-hydrogen) atoms. The highest BCUT2D eigenvalue weighted by atomic mass is 15.3. The number of anilines is 2. The number of fused-ring (bicyclic) bond motifs is 1. The quantitative estimate of drug-likeness (QED) is 0.857. The number of nitrogen functional groups attached to an aromatic ring is 1. The van der Waals surface area contributed by atoms with E-state index in [-0.39, 0.29) is 0 Å². The number of piperazine rings is 1. The molecule has 0 bridgehead atoms. The maximum atomic E-state index is 5.89. The van der Waals surface area contributed by atoms with Gasteiger partial charge in [0.2, 0.25) is 0 Å². The van der Waals surface area contributed by atoms with E-state index in [4.69, 9.17) is 5.73 Å². The first-order valence-corrected chi connectivity index (χ1v) is 6.61. The predicted octanol–water partition coefficient (Wildman–Crippen LogP) is 0.749. The van der Waals surface area contributed by atoms with Crippen LogP contribution in [0.2, 0.25) is 0 Å². The van der Waals surface area contributed by atoms with E-state index < -0.39 is 0 Å². The topological polar surface area (TPSA) is 71.2 Å². The fourth-order valence-corrected chi connectivity index (χ4v) is 2.43. The van der Waals surface area contributed by atoms with Gasteiger partial charge >= 0.3 is 0 Å². The molecule has 0 aliphatic carbocycles. The van der Waals surface area contributed by atoms with Gasteiger partial charge in [0, 0.05) is 31.6 Å². The second-order valence-corrected chi connectivity index (χ2v) is 4.74. The zero-order chi connectivity index (χ0) is 13.2. The van der Waals surface area contributed by atoms with Crippen molar-refractivity contribution in [2.45, 2.75) is 6.92 Å². The summed E-state index contributed by atoms with van der Waals surface area (Å²) in [4.78, 5) is 17.4. The number of rotatable bonds is 2. The molecule has 0 amide bonds. The Balaban J connectivity index is 1.87. The van der Waals surface area contributed by atoms with Gasteiger partial charge in [-0.05, 0) is 12.6 Å². The molecule has 1 saturated heterocycles. The number of nitrogens with zero attached hydrogens (tertiary/aromatic N) is 5. The molecule has 0 radical (unpaired) electrons. The van der Waals surface area contributed by atoms with Crippen molar-refractivity contribution < 1.29 is 0 Å². The van der Waals surface area contributed by atoms with Crippen molar-refractivity contribution in [3.63, 3.8) is 0 Å². The van der Waals surface area contributed by atoms with Crippen molar-refractivity contribution >= 4 is 22.5 Å². The van der Waals surface area contributed by atoms with Crippen molar-refractivity contribution in [1.29, 1.82) is 0 Å². The summed E-state index contributed by atoms with van der Waals surface area (Å²) in [5.41, 5.74) is 6.69. The van der Waals surface area contributed by atoms with Gasteiger partial charge in [0.15, 0.2) is 0 Å². The average Bonchev–Trinajstić information content (AvgIpc) is 2.47. The second-order valence-electron chi connectivity index (χ2n) is 4.74. The summed E-state index contributed by atoms with van der Waals surface area (Å²) < 4.78 is 0. The lowest BCUT2D eigenvalue weighted by Gasteiger charge is -2.34. The fraction of sp³-hybridized carbons (Fsp3) is 0.462. The van der Waals surface area contributed by atoms with Gasteiger partial charge in [-0.15, -0.1) is 0 Å². The number of pyridine rings is 1. The molecule has 0 atom stereocenters. The molecule has 0 spiro atoms. The summed E-state index contributed by atoms with van der Waals surface area (Å²) in [6.07, 6.45) is 3.24. The van der Waals surface area contributed by atoms with Crippen LogP contribution in [0.1, 0.15) is 6.92 Å². The number of hydrogen-bond donors (Lipinski definition) is 1. The van der Waals surface area contributed by atoms with Crippen LogP contribution in [0, 0.1) is 0 Å². The van der Waals surface area contributed by atoms with Crippen LogP contribution < -0.4 is 10.6 Å².